The van der Waals surface area contributed by atoms with Gasteiger partial charge >= 0.3 is 5.63 Å². The van der Waals surface area contributed by atoms with Crippen molar-refractivity contribution in [2.24, 2.45) is 5.41 Å². The van der Waals surface area contributed by atoms with Gasteiger partial charge in [-0.2, -0.15) is 0 Å². The quantitative estimate of drug-likeness (QED) is 0.592. The first-order chi connectivity index (χ1) is 13.8. The van der Waals surface area contributed by atoms with Crippen LogP contribution < -0.4 is 10.9 Å². The summed E-state index contributed by atoms with van der Waals surface area (Å²) in [6.07, 6.45) is 1.15. The first kappa shape index (κ1) is 17.7. The van der Waals surface area contributed by atoms with Crippen molar-refractivity contribution in [3.05, 3.63) is 81.3 Å². The Balaban J connectivity index is 1.84. The number of carbonyl (C=O) groups excluding carboxylic acids is 1. The molecule has 0 saturated carbocycles. The van der Waals surface area contributed by atoms with Crippen LogP contribution in [0, 0.1) is 5.41 Å². The van der Waals surface area contributed by atoms with Crippen LogP contribution in [0.3, 0.4) is 0 Å². The van der Waals surface area contributed by atoms with E-state index in [1.54, 1.807) is 30.3 Å². The third-order valence-corrected chi connectivity index (χ3v) is 5.85. The van der Waals surface area contributed by atoms with Crippen LogP contribution in [-0.4, -0.2) is 10.9 Å². The Hall–Kier alpha value is -3.34. The van der Waals surface area contributed by atoms with Gasteiger partial charge in [0.1, 0.15) is 11.3 Å². The largest absolute Gasteiger partial charge is 0.508 e. The van der Waals surface area contributed by atoms with Crippen molar-refractivity contribution in [2.45, 2.75) is 32.6 Å². The number of hydrogen-bond donors (Lipinski definition) is 2. The van der Waals surface area contributed by atoms with E-state index >= 15 is 0 Å². The number of Topliss-reactive ketones (excluding diaryl/α,β-unsaturated/α-hetero) is 1. The Morgan fingerprint density at radius 2 is 1.76 bits per heavy atom. The van der Waals surface area contributed by atoms with Crippen LogP contribution in [0.5, 0.6) is 5.75 Å². The number of allylic oxidation sites excluding steroid dienone is 2. The fourth-order valence-corrected chi connectivity index (χ4v) is 4.64. The highest BCUT2D eigenvalue weighted by Gasteiger charge is 2.42. The summed E-state index contributed by atoms with van der Waals surface area (Å²) in [7, 11) is 0. The third kappa shape index (κ3) is 2.77. The van der Waals surface area contributed by atoms with Crippen LogP contribution in [0.15, 0.2) is 69.0 Å². The maximum Gasteiger partial charge on any atom is 0.342 e. The number of benzene rings is 2. The van der Waals surface area contributed by atoms with Gasteiger partial charge in [0.2, 0.25) is 0 Å². The van der Waals surface area contributed by atoms with Gasteiger partial charge in [-0.1, -0.05) is 38.1 Å². The van der Waals surface area contributed by atoms with Gasteiger partial charge in [0.25, 0.3) is 0 Å². The summed E-state index contributed by atoms with van der Waals surface area (Å²) in [5.41, 5.74) is 3.34. The monoisotopic (exact) mass is 387 g/mol. The fourth-order valence-electron chi connectivity index (χ4n) is 4.64. The van der Waals surface area contributed by atoms with E-state index in [1.165, 1.54) is 0 Å². The molecule has 0 fully saturated rings. The average molecular weight is 387 g/mol. The van der Waals surface area contributed by atoms with Crippen molar-refractivity contribution in [3.8, 4) is 5.75 Å². The molecule has 1 unspecified atom stereocenters. The second kappa shape index (κ2) is 6.08. The number of rotatable bonds is 1. The number of para-hydroxylation sites is 1. The molecule has 0 radical (unpaired) electrons. The van der Waals surface area contributed by atoms with Gasteiger partial charge in [0, 0.05) is 29.0 Å². The SMILES string of the molecule is CC1(C)CC(=O)C2=C(C1)Nc1c(c(=O)oc3ccccc13)C2c1ccc(O)cc1. The maximum atomic E-state index is 13.2. The number of phenols is 1. The van der Waals surface area contributed by atoms with Gasteiger partial charge in [-0.05, 0) is 41.7 Å². The fraction of sp³-hybridized carbons (Fsp3) is 0.250. The molecular formula is C24H21NO4. The molecule has 3 aromatic rings. The Labute approximate surface area is 167 Å². The predicted molar refractivity (Wildman–Crippen MR) is 111 cm³/mol. The molecule has 2 aliphatic rings. The number of hydrogen-bond acceptors (Lipinski definition) is 5. The van der Waals surface area contributed by atoms with E-state index in [-0.39, 0.29) is 16.9 Å². The molecule has 0 saturated heterocycles. The second-order valence-corrected chi connectivity index (χ2v) is 8.66. The Kier molecular flexibility index (Phi) is 3.72. The molecule has 2 aromatic carbocycles. The van der Waals surface area contributed by atoms with Crippen molar-refractivity contribution in [1.82, 2.24) is 0 Å². The van der Waals surface area contributed by atoms with Crippen LogP contribution in [0.25, 0.3) is 11.0 Å². The van der Waals surface area contributed by atoms with Crippen molar-refractivity contribution in [3.63, 3.8) is 0 Å². The lowest BCUT2D eigenvalue weighted by Gasteiger charge is -2.39. The number of carbonyl (C=O) groups is 1. The molecule has 2 heterocycles. The zero-order chi connectivity index (χ0) is 20.3. The first-order valence-electron chi connectivity index (χ1n) is 9.72. The summed E-state index contributed by atoms with van der Waals surface area (Å²) < 4.78 is 5.61. The van der Waals surface area contributed by atoms with Gasteiger partial charge in [-0.25, -0.2) is 4.79 Å². The van der Waals surface area contributed by atoms with Gasteiger partial charge < -0.3 is 14.8 Å². The van der Waals surface area contributed by atoms with E-state index < -0.39 is 11.5 Å². The van der Waals surface area contributed by atoms with Gasteiger partial charge in [-0.15, -0.1) is 0 Å². The van der Waals surface area contributed by atoms with E-state index in [9.17, 15) is 14.7 Å². The number of aromatic hydroxyl groups is 1. The summed E-state index contributed by atoms with van der Waals surface area (Å²) in [6.45, 7) is 4.16. The number of nitrogens with one attached hydrogen (secondary N) is 1. The molecular weight excluding hydrogens is 366 g/mol. The molecule has 1 aromatic heterocycles. The molecule has 1 aliphatic heterocycles. The maximum absolute atomic E-state index is 13.2. The van der Waals surface area contributed by atoms with E-state index in [0.717, 1.165) is 23.1 Å². The third-order valence-electron chi connectivity index (χ3n) is 5.85. The molecule has 1 atom stereocenters. The normalized spacial score (nSPS) is 20.2. The highest BCUT2D eigenvalue weighted by Crippen LogP contribution is 2.49. The highest BCUT2D eigenvalue weighted by atomic mass is 16.4. The van der Waals surface area contributed by atoms with Gasteiger partial charge in [0.15, 0.2) is 5.78 Å². The Bertz CT molecular complexity index is 1250. The molecule has 1 aliphatic carbocycles. The molecule has 0 bridgehead atoms. The predicted octanol–water partition coefficient (Wildman–Crippen LogP) is 4.70. The molecule has 5 nitrogen and oxygen atoms in total. The molecule has 146 valence electrons. The first-order valence-corrected chi connectivity index (χ1v) is 9.72. The van der Waals surface area contributed by atoms with Crippen molar-refractivity contribution >= 4 is 22.4 Å². The topological polar surface area (TPSA) is 79.5 Å². The van der Waals surface area contributed by atoms with Crippen LogP contribution in [0.1, 0.15) is 43.7 Å². The van der Waals surface area contributed by atoms with Crippen LogP contribution in [0.4, 0.5) is 5.69 Å². The minimum absolute atomic E-state index is 0.0417. The van der Waals surface area contributed by atoms with Crippen molar-refractivity contribution in [2.75, 3.05) is 5.32 Å². The van der Waals surface area contributed by atoms with E-state index in [4.69, 9.17) is 4.42 Å². The Morgan fingerprint density at radius 1 is 1.03 bits per heavy atom. The molecule has 5 heteroatoms. The number of phenolic OH excluding ortho intramolecular Hbond substituents is 1. The number of anilines is 1. The molecule has 0 spiro atoms. The smallest absolute Gasteiger partial charge is 0.342 e. The van der Waals surface area contributed by atoms with Gasteiger partial charge in [0.05, 0.1) is 11.3 Å². The molecule has 0 amide bonds. The van der Waals surface area contributed by atoms with Crippen molar-refractivity contribution < 1.29 is 14.3 Å². The van der Waals surface area contributed by atoms with E-state index in [0.29, 0.717) is 28.8 Å². The summed E-state index contributed by atoms with van der Waals surface area (Å²) >= 11 is 0. The summed E-state index contributed by atoms with van der Waals surface area (Å²) in [5, 5.41) is 14.0. The van der Waals surface area contributed by atoms with Crippen LogP contribution in [-0.2, 0) is 4.79 Å². The van der Waals surface area contributed by atoms with Crippen LogP contribution >= 0.6 is 0 Å². The summed E-state index contributed by atoms with van der Waals surface area (Å²) in [6, 6.07) is 14.1. The van der Waals surface area contributed by atoms with E-state index in [2.05, 4.69) is 19.2 Å². The number of fused-ring (bicyclic) bond motifs is 3. The molecule has 5 rings (SSSR count). The summed E-state index contributed by atoms with van der Waals surface area (Å²) in [4.78, 5) is 26.2. The van der Waals surface area contributed by atoms with Gasteiger partial charge in [-0.3, -0.25) is 4.79 Å². The lowest BCUT2D eigenvalue weighted by atomic mass is 9.69. The highest BCUT2D eigenvalue weighted by molar-refractivity contribution is 6.04. The summed E-state index contributed by atoms with van der Waals surface area (Å²) in [5.74, 6) is -0.342. The lowest BCUT2D eigenvalue weighted by molar-refractivity contribution is -0.118. The average Bonchev–Trinajstić information content (AvgIpc) is 2.66. The number of ketones is 1. The molecule has 2 N–H and O–H groups in total. The van der Waals surface area contributed by atoms with E-state index in [1.807, 2.05) is 18.2 Å². The van der Waals surface area contributed by atoms with Crippen LogP contribution in [0.2, 0.25) is 0 Å². The standard InChI is InChI=1S/C24H21NO4/c1-24(2)11-16-20(17(27)12-24)19(13-7-9-14(26)10-8-13)21-22(25-16)15-5-3-4-6-18(15)29-23(21)28/h3-10,19,25-26H,11-12H2,1-2H3. The minimum atomic E-state index is -0.522. The molecule has 29 heavy (non-hydrogen) atoms. The zero-order valence-electron chi connectivity index (χ0n) is 16.3. The lowest BCUT2D eigenvalue weighted by Crippen LogP contribution is -2.35. The zero-order valence-corrected chi connectivity index (χ0v) is 16.3. The minimum Gasteiger partial charge on any atom is -0.508 e. The Morgan fingerprint density at radius 3 is 2.52 bits per heavy atom. The van der Waals surface area contributed by atoms with Crippen molar-refractivity contribution in [1.29, 1.82) is 0 Å². The second-order valence-electron chi connectivity index (χ2n) is 8.66.